The molecule has 2 fully saturated rings. The standard InChI is InChI=1S/C24H38F2Si/c1-2-3-4-15-27-16-13-20(14-17-27)6-5-19-7-9-21(10-8-19)22-11-12-23(25)24(26)18-22/h11-12,18-21,27H,2-10,13-17H2,1H3. The number of hydrogen-bond acceptors (Lipinski definition) is 0. The van der Waals surface area contributed by atoms with Crippen LogP contribution in [0.2, 0.25) is 18.1 Å². The molecule has 0 bridgehead atoms. The van der Waals surface area contributed by atoms with Gasteiger partial charge in [-0.1, -0.05) is 76.1 Å². The first-order valence-electron chi connectivity index (χ1n) is 11.6. The van der Waals surface area contributed by atoms with Crippen molar-refractivity contribution < 1.29 is 8.78 Å². The van der Waals surface area contributed by atoms with Gasteiger partial charge < -0.3 is 0 Å². The lowest BCUT2D eigenvalue weighted by Crippen LogP contribution is -2.22. The molecular weight excluding hydrogens is 354 g/mol. The molecule has 0 N–H and O–H groups in total. The van der Waals surface area contributed by atoms with Crippen molar-refractivity contribution >= 4 is 8.80 Å². The highest BCUT2D eigenvalue weighted by molar-refractivity contribution is 6.58. The monoisotopic (exact) mass is 392 g/mol. The van der Waals surface area contributed by atoms with Crippen molar-refractivity contribution in [1.82, 2.24) is 0 Å². The summed E-state index contributed by atoms with van der Waals surface area (Å²) in [5.74, 6) is 0.884. The van der Waals surface area contributed by atoms with E-state index in [4.69, 9.17) is 0 Å². The van der Waals surface area contributed by atoms with Crippen LogP contribution < -0.4 is 0 Å². The zero-order valence-corrected chi connectivity index (χ0v) is 18.4. The maximum absolute atomic E-state index is 13.5. The van der Waals surface area contributed by atoms with Crippen molar-refractivity contribution in [3.63, 3.8) is 0 Å². The van der Waals surface area contributed by atoms with Crippen molar-refractivity contribution in [3.8, 4) is 0 Å². The van der Waals surface area contributed by atoms with Gasteiger partial charge in [0.05, 0.1) is 0 Å². The number of unbranched alkanes of at least 4 members (excludes halogenated alkanes) is 2. The van der Waals surface area contributed by atoms with Crippen LogP contribution in [0.15, 0.2) is 18.2 Å². The molecule has 0 atom stereocenters. The Bertz CT molecular complexity index is 557. The molecule has 0 spiro atoms. The molecule has 2 aliphatic rings. The predicted molar refractivity (Wildman–Crippen MR) is 114 cm³/mol. The van der Waals surface area contributed by atoms with Crippen LogP contribution in [0.25, 0.3) is 0 Å². The Balaban J connectivity index is 1.32. The minimum Gasteiger partial charge on any atom is -0.204 e. The maximum Gasteiger partial charge on any atom is 0.159 e. The predicted octanol–water partition coefficient (Wildman–Crippen LogP) is 7.85. The van der Waals surface area contributed by atoms with E-state index < -0.39 is 11.6 Å². The quantitative estimate of drug-likeness (QED) is 0.312. The first kappa shape index (κ1) is 21.0. The maximum atomic E-state index is 13.5. The summed E-state index contributed by atoms with van der Waals surface area (Å²) in [7, 11) is -0.364. The van der Waals surface area contributed by atoms with Crippen LogP contribution >= 0.6 is 0 Å². The zero-order chi connectivity index (χ0) is 19.1. The molecule has 0 aromatic heterocycles. The molecule has 3 heteroatoms. The highest BCUT2D eigenvalue weighted by Gasteiger charge is 2.26. The Morgan fingerprint density at radius 3 is 2.15 bits per heavy atom. The second-order valence-electron chi connectivity index (χ2n) is 9.35. The second kappa shape index (κ2) is 10.7. The summed E-state index contributed by atoms with van der Waals surface area (Å²) in [6.45, 7) is 2.31. The number of benzene rings is 1. The average Bonchev–Trinajstić information content (AvgIpc) is 2.70. The molecule has 1 aliphatic carbocycles. The summed E-state index contributed by atoms with van der Waals surface area (Å²) in [5.41, 5.74) is 0.999. The average molecular weight is 393 g/mol. The van der Waals surface area contributed by atoms with Gasteiger partial charge in [0.2, 0.25) is 0 Å². The van der Waals surface area contributed by atoms with E-state index in [1.54, 1.807) is 24.2 Å². The van der Waals surface area contributed by atoms with Gasteiger partial charge in [0, 0.05) is 8.80 Å². The summed E-state index contributed by atoms with van der Waals surface area (Å²) in [6.07, 6.45) is 15.0. The Hall–Kier alpha value is -0.703. The SMILES string of the molecule is CCCCC[SiH]1CCC(CCC2CCC(c3ccc(F)c(F)c3)CC2)CC1. The first-order chi connectivity index (χ1) is 13.2. The summed E-state index contributed by atoms with van der Waals surface area (Å²) in [5, 5.41) is 0. The molecular formula is C24H38F2Si. The molecule has 1 saturated heterocycles. The van der Waals surface area contributed by atoms with E-state index in [-0.39, 0.29) is 8.80 Å². The van der Waals surface area contributed by atoms with Crippen LogP contribution in [0.3, 0.4) is 0 Å². The van der Waals surface area contributed by atoms with E-state index in [2.05, 4.69) is 6.92 Å². The minimum absolute atomic E-state index is 0.364. The topological polar surface area (TPSA) is 0 Å². The smallest absolute Gasteiger partial charge is 0.159 e. The lowest BCUT2D eigenvalue weighted by molar-refractivity contribution is 0.280. The highest BCUT2D eigenvalue weighted by Crippen LogP contribution is 2.39. The fourth-order valence-electron chi connectivity index (χ4n) is 5.51. The zero-order valence-electron chi connectivity index (χ0n) is 17.2. The molecule has 1 aromatic carbocycles. The lowest BCUT2D eigenvalue weighted by atomic mass is 9.76. The Labute approximate surface area is 166 Å². The summed E-state index contributed by atoms with van der Waals surface area (Å²) >= 11 is 0. The molecule has 0 radical (unpaired) electrons. The van der Waals surface area contributed by atoms with E-state index in [0.29, 0.717) is 5.92 Å². The van der Waals surface area contributed by atoms with Gasteiger partial charge in [-0.25, -0.2) is 8.78 Å². The van der Waals surface area contributed by atoms with Gasteiger partial charge in [-0.2, -0.15) is 0 Å². The Kier molecular flexibility index (Phi) is 8.36. The van der Waals surface area contributed by atoms with Gasteiger partial charge in [0.1, 0.15) is 0 Å². The third-order valence-corrected chi connectivity index (χ3v) is 11.0. The van der Waals surface area contributed by atoms with Gasteiger partial charge in [0.25, 0.3) is 0 Å². The third-order valence-electron chi connectivity index (χ3n) is 7.43. The lowest BCUT2D eigenvalue weighted by Gasteiger charge is -2.32. The van der Waals surface area contributed by atoms with Crippen LogP contribution in [0.4, 0.5) is 8.78 Å². The summed E-state index contributed by atoms with van der Waals surface area (Å²) in [6, 6.07) is 9.32. The van der Waals surface area contributed by atoms with E-state index in [1.165, 1.54) is 69.9 Å². The van der Waals surface area contributed by atoms with Crippen molar-refractivity contribution in [2.45, 2.75) is 102 Å². The molecule has 0 amide bonds. The van der Waals surface area contributed by atoms with Gasteiger partial charge >= 0.3 is 0 Å². The molecule has 1 saturated carbocycles. The van der Waals surface area contributed by atoms with Gasteiger partial charge in [-0.15, -0.1) is 0 Å². The third kappa shape index (κ3) is 6.41. The molecule has 1 aromatic rings. The minimum atomic E-state index is -0.726. The van der Waals surface area contributed by atoms with Gasteiger partial charge in [-0.3, -0.25) is 0 Å². The molecule has 27 heavy (non-hydrogen) atoms. The van der Waals surface area contributed by atoms with Crippen molar-refractivity contribution in [1.29, 1.82) is 0 Å². The first-order valence-corrected chi connectivity index (χ1v) is 14.1. The number of halogens is 2. The summed E-state index contributed by atoms with van der Waals surface area (Å²) < 4.78 is 26.6. The molecule has 0 unspecified atom stereocenters. The number of rotatable bonds is 8. The fourth-order valence-corrected chi connectivity index (χ4v) is 9.13. The normalized spacial score (nSPS) is 29.0. The number of hydrogen-bond donors (Lipinski definition) is 0. The molecule has 3 rings (SSSR count). The van der Waals surface area contributed by atoms with Crippen LogP contribution in [-0.4, -0.2) is 8.80 Å². The second-order valence-corrected chi connectivity index (χ2v) is 12.8. The Morgan fingerprint density at radius 1 is 0.852 bits per heavy atom. The van der Waals surface area contributed by atoms with Gasteiger partial charge in [-0.05, 0) is 61.1 Å². The van der Waals surface area contributed by atoms with Crippen LogP contribution in [0.5, 0.6) is 0 Å². The van der Waals surface area contributed by atoms with E-state index in [1.807, 2.05) is 0 Å². The molecule has 152 valence electrons. The Morgan fingerprint density at radius 2 is 1.52 bits per heavy atom. The largest absolute Gasteiger partial charge is 0.204 e. The highest BCUT2D eigenvalue weighted by atomic mass is 28.3. The van der Waals surface area contributed by atoms with Gasteiger partial charge in [0.15, 0.2) is 11.6 Å². The van der Waals surface area contributed by atoms with Crippen LogP contribution in [0, 0.1) is 23.5 Å². The summed E-state index contributed by atoms with van der Waals surface area (Å²) in [4.78, 5) is 0. The van der Waals surface area contributed by atoms with E-state index in [0.717, 1.165) is 30.2 Å². The van der Waals surface area contributed by atoms with Crippen molar-refractivity contribution in [3.05, 3.63) is 35.4 Å². The van der Waals surface area contributed by atoms with Crippen molar-refractivity contribution in [2.75, 3.05) is 0 Å². The fraction of sp³-hybridized carbons (Fsp3) is 0.750. The van der Waals surface area contributed by atoms with Crippen LogP contribution in [0.1, 0.15) is 89.0 Å². The van der Waals surface area contributed by atoms with Crippen LogP contribution in [-0.2, 0) is 0 Å². The molecule has 1 aliphatic heterocycles. The van der Waals surface area contributed by atoms with E-state index in [9.17, 15) is 8.78 Å². The van der Waals surface area contributed by atoms with E-state index >= 15 is 0 Å². The van der Waals surface area contributed by atoms with Crippen molar-refractivity contribution in [2.24, 2.45) is 11.8 Å². The molecule has 1 heterocycles. The molecule has 0 nitrogen and oxygen atoms in total.